The Balaban J connectivity index is 1.36. The van der Waals surface area contributed by atoms with Gasteiger partial charge in [0.05, 0.1) is 4.90 Å². The van der Waals surface area contributed by atoms with E-state index < -0.39 is 16.1 Å². The van der Waals surface area contributed by atoms with Gasteiger partial charge in [0, 0.05) is 32.5 Å². The van der Waals surface area contributed by atoms with Gasteiger partial charge in [-0.2, -0.15) is 0 Å². The first-order valence-electron chi connectivity index (χ1n) is 14.9. The summed E-state index contributed by atoms with van der Waals surface area (Å²) in [4.78, 5) is 29.7. The molecule has 45 heavy (non-hydrogen) atoms. The van der Waals surface area contributed by atoms with Gasteiger partial charge in [-0.3, -0.25) is 9.59 Å². The van der Waals surface area contributed by atoms with Crippen molar-refractivity contribution in [2.75, 3.05) is 13.3 Å². The zero-order valence-corrected chi connectivity index (χ0v) is 26.0. The molecule has 9 nitrogen and oxygen atoms in total. The molecule has 234 valence electrons. The van der Waals surface area contributed by atoms with Gasteiger partial charge in [0.1, 0.15) is 6.04 Å². The van der Waals surface area contributed by atoms with Crippen LogP contribution in [0.25, 0.3) is 0 Å². The van der Waals surface area contributed by atoms with Gasteiger partial charge >= 0.3 is 0 Å². The lowest BCUT2D eigenvalue weighted by atomic mass is 10.0. The highest BCUT2D eigenvalue weighted by molar-refractivity contribution is 7.89. The Kier molecular flexibility index (Phi) is 10.5. The molecule has 1 heterocycles. The second-order valence-corrected chi connectivity index (χ2v) is 12.5. The third kappa shape index (κ3) is 8.49. The number of benzene rings is 4. The number of fused-ring (bicyclic) bond motifs is 1. The van der Waals surface area contributed by atoms with Gasteiger partial charge < -0.3 is 19.7 Å². The zero-order valence-electron chi connectivity index (χ0n) is 25.1. The molecule has 4 aromatic carbocycles. The Labute approximate surface area is 264 Å². The topological polar surface area (TPSA) is 114 Å². The molecular formula is C35H37N3O6S. The number of carbonyl (C=O) groups is 2. The number of nitrogens with one attached hydrogen (secondary N) is 2. The van der Waals surface area contributed by atoms with Crippen LogP contribution in [0.2, 0.25) is 0 Å². The van der Waals surface area contributed by atoms with Crippen molar-refractivity contribution in [3.05, 3.63) is 125 Å². The summed E-state index contributed by atoms with van der Waals surface area (Å²) >= 11 is 0. The van der Waals surface area contributed by atoms with Crippen LogP contribution < -0.4 is 19.5 Å². The molecule has 0 spiro atoms. The largest absolute Gasteiger partial charge is 0.454 e. The fraction of sp³-hybridized carbons (Fsp3) is 0.257. The summed E-state index contributed by atoms with van der Waals surface area (Å²) in [7, 11) is -3.57. The molecule has 2 amide bonds. The SMILES string of the molecule is CCNS(=O)(=O)c1ccc(CCC(=O)N(Cc2ccccc2)[C@@H](Cc2ccccc2)C(=O)NCc2ccc3c(c2)OCO3)cc1. The molecule has 0 aromatic heterocycles. The molecule has 0 aliphatic carbocycles. The van der Waals surface area contributed by atoms with Crippen molar-refractivity contribution in [2.45, 2.75) is 50.2 Å². The van der Waals surface area contributed by atoms with Gasteiger partial charge in [-0.25, -0.2) is 13.1 Å². The summed E-state index contributed by atoms with van der Waals surface area (Å²) in [5, 5.41) is 3.04. The summed E-state index contributed by atoms with van der Waals surface area (Å²) in [6.07, 6.45) is 0.874. The predicted octanol–water partition coefficient (Wildman–Crippen LogP) is 4.60. The second-order valence-electron chi connectivity index (χ2n) is 10.8. The molecule has 0 bridgehead atoms. The summed E-state index contributed by atoms with van der Waals surface area (Å²) in [5.74, 6) is 0.859. The molecule has 1 atom stereocenters. The summed E-state index contributed by atoms with van der Waals surface area (Å²) in [6, 6.07) is 30.5. The minimum Gasteiger partial charge on any atom is -0.454 e. The Hall–Kier alpha value is -4.67. The molecule has 1 aliphatic rings. The number of carbonyl (C=O) groups excluding carboxylic acids is 2. The monoisotopic (exact) mass is 627 g/mol. The van der Waals surface area contributed by atoms with E-state index >= 15 is 0 Å². The van der Waals surface area contributed by atoms with Crippen LogP contribution in [-0.4, -0.2) is 44.5 Å². The summed E-state index contributed by atoms with van der Waals surface area (Å²) in [5.41, 5.74) is 3.52. The van der Waals surface area contributed by atoms with E-state index in [0.29, 0.717) is 30.9 Å². The second kappa shape index (κ2) is 14.9. The minimum absolute atomic E-state index is 0.146. The number of aryl methyl sites for hydroxylation is 1. The molecule has 1 aliphatic heterocycles. The number of hydrogen-bond acceptors (Lipinski definition) is 6. The number of sulfonamides is 1. The van der Waals surface area contributed by atoms with E-state index in [0.717, 1.165) is 22.3 Å². The van der Waals surface area contributed by atoms with E-state index in [9.17, 15) is 18.0 Å². The molecule has 10 heteroatoms. The predicted molar refractivity (Wildman–Crippen MR) is 171 cm³/mol. The van der Waals surface area contributed by atoms with Crippen LogP contribution in [0.3, 0.4) is 0 Å². The Morgan fingerprint density at radius 1 is 0.800 bits per heavy atom. The number of ether oxygens (including phenoxy) is 2. The number of rotatable bonds is 14. The lowest BCUT2D eigenvalue weighted by molar-refractivity contribution is -0.141. The molecule has 5 rings (SSSR count). The highest BCUT2D eigenvalue weighted by Gasteiger charge is 2.30. The van der Waals surface area contributed by atoms with Crippen LogP contribution in [-0.2, 0) is 45.5 Å². The molecular weight excluding hydrogens is 590 g/mol. The van der Waals surface area contributed by atoms with Gasteiger partial charge in [0.25, 0.3) is 0 Å². The Morgan fingerprint density at radius 3 is 2.13 bits per heavy atom. The number of hydrogen-bond donors (Lipinski definition) is 2. The van der Waals surface area contributed by atoms with E-state index in [-0.39, 0.29) is 43.0 Å². The Bertz CT molecular complexity index is 1700. The maximum Gasteiger partial charge on any atom is 0.243 e. The van der Waals surface area contributed by atoms with Crippen molar-refractivity contribution < 1.29 is 27.5 Å². The van der Waals surface area contributed by atoms with Crippen LogP contribution in [0.5, 0.6) is 11.5 Å². The molecule has 0 unspecified atom stereocenters. The molecule has 0 saturated heterocycles. The van der Waals surface area contributed by atoms with Gasteiger partial charge in [0.2, 0.25) is 28.6 Å². The number of nitrogens with zero attached hydrogens (tertiary/aromatic N) is 1. The first-order chi connectivity index (χ1) is 21.8. The van der Waals surface area contributed by atoms with Gasteiger partial charge in [-0.1, -0.05) is 85.8 Å². The average Bonchev–Trinajstić information content (AvgIpc) is 3.53. The third-order valence-corrected chi connectivity index (χ3v) is 9.13. The smallest absolute Gasteiger partial charge is 0.243 e. The van der Waals surface area contributed by atoms with Crippen LogP contribution in [0.1, 0.15) is 35.6 Å². The zero-order chi connectivity index (χ0) is 31.6. The summed E-state index contributed by atoms with van der Waals surface area (Å²) in [6.45, 7) is 2.70. The highest BCUT2D eigenvalue weighted by Crippen LogP contribution is 2.32. The third-order valence-electron chi connectivity index (χ3n) is 7.57. The van der Waals surface area contributed by atoms with Crippen molar-refractivity contribution in [2.24, 2.45) is 0 Å². The fourth-order valence-corrected chi connectivity index (χ4v) is 6.24. The van der Waals surface area contributed by atoms with Crippen LogP contribution >= 0.6 is 0 Å². The number of amides is 2. The van der Waals surface area contributed by atoms with E-state index in [1.807, 2.05) is 78.9 Å². The van der Waals surface area contributed by atoms with Crippen LogP contribution in [0.15, 0.2) is 108 Å². The first kappa shape index (κ1) is 31.7. The van der Waals surface area contributed by atoms with E-state index in [1.54, 1.807) is 36.1 Å². The van der Waals surface area contributed by atoms with Gasteiger partial charge in [-0.05, 0) is 52.9 Å². The lowest BCUT2D eigenvalue weighted by Gasteiger charge is -2.31. The highest BCUT2D eigenvalue weighted by atomic mass is 32.2. The first-order valence-corrected chi connectivity index (χ1v) is 16.4. The maximum absolute atomic E-state index is 14.0. The van der Waals surface area contributed by atoms with E-state index in [4.69, 9.17) is 9.47 Å². The van der Waals surface area contributed by atoms with Crippen molar-refractivity contribution in [3.63, 3.8) is 0 Å². The molecule has 2 N–H and O–H groups in total. The average molecular weight is 628 g/mol. The van der Waals surface area contributed by atoms with Crippen molar-refractivity contribution in [1.29, 1.82) is 0 Å². The Morgan fingerprint density at radius 2 is 1.44 bits per heavy atom. The van der Waals surface area contributed by atoms with E-state index in [1.165, 1.54) is 0 Å². The normalized spacial score (nSPS) is 12.8. The van der Waals surface area contributed by atoms with Gasteiger partial charge in [-0.15, -0.1) is 0 Å². The summed E-state index contributed by atoms with van der Waals surface area (Å²) < 4.78 is 38.0. The van der Waals surface area contributed by atoms with Crippen molar-refractivity contribution in [1.82, 2.24) is 14.9 Å². The molecule has 0 radical (unpaired) electrons. The fourth-order valence-electron chi connectivity index (χ4n) is 5.20. The molecule has 0 saturated carbocycles. The van der Waals surface area contributed by atoms with Crippen molar-refractivity contribution >= 4 is 21.8 Å². The van der Waals surface area contributed by atoms with E-state index in [2.05, 4.69) is 10.0 Å². The quantitative estimate of drug-likeness (QED) is 0.211. The van der Waals surface area contributed by atoms with Crippen LogP contribution in [0.4, 0.5) is 0 Å². The molecule has 0 fully saturated rings. The van der Waals surface area contributed by atoms with Crippen LogP contribution in [0, 0.1) is 0 Å². The lowest BCUT2D eigenvalue weighted by Crippen LogP contribution is -2.50. The minimum atomic E-state index is -3.57. The molecule has 4 aromatic rings. The van der Waals surface area contributed by atoms with Crippen molar-refractivity contribution in [3.8, 4) is 11.5 Å². The maximum atomic E-state index is 14.0. The van der Waals surface area contributed by atoms with Gasteiger partial charge in [0.15, 0.2) is 11.5 Å². The standard InChI is InChI=1S/C35H37N3O6S/c1-2-37-45(41,42)30-17-13-26(14-18-30)16-20-34(39)38(24-28-11-7-4-8-12-28)31(21-27-9-5-3-6-10-27)35(40)36-23-29-15-19-32-33(22-29)44-25-43-32/h3-15,17-19,22,31,37H,2,16,20-21,23-25H2,1H3,(H,36,40)/t31-/m0/s1.